The number of carbonyl (C=O) groups excluding carboxylic acids is 1. The largest absolute Gasteiger partial charge is 0.338 e. The third kappa shape index (κ3) is 2.79. The van der Waals surface area contributed by atoms with E-state index in [0.717, 1.165) is 17.5 Å². The van der Waals surface area contributed by atoms with Gasteiger partial charge in [0.1, 0.15) is 0 Å². The Hall–Kier alpha value is -1.40. The molecule has 0 saturated carbocycles. The molecule has 0 aromatic heterocycles. The summed E-state index contributed by atoms with van der Waals surface area (Å²) in [6, 6.07) is 5.12. The summed E-state index contributed by atoms with van der Waals surface area (Å²) in [6.07, 6.45) is 1.25. The first-order valence-electron chi connectivity index (χ1n) is 6.31. The summed E-state index contributed by atoms with van der Waals surface area (Å²) < 4.78 is 25.8. The first kappa shape index (κ1) is 14.0. The maximum absolute atomic E-state index is 11.8. The van der Waals surface area contributed by atoms with Crippen LogP contribution in [-0.2, 0) is 27.8 Å². The van der Waals surface area contributed by atoms with Gasteiger partial charge in [-0.2, -0.15) is 0 Å². The van der Waals surface area contributed by atoms with Gasteiger partial charge in [0.15, 0.2) is 0 Å². The zero-order chi connectivity index (χ0) is 14.0. The van der Waals surface area contributed by atoms with Gasteiger partial charge >= 0.3 is 0 Å². The summed E-state index contributed by atoms with van der Waals surface area (Å²) in [4.78, 5) is 13.7. The molecule has 0 atom stereocenters. The number of carbonyl (C=O) groups is 1. The lowest BCUT2D eigenvalue weighted by atomic mass is 10.00. The Morgan fingerprint density at radius 1 is 1.37 bits per heavy atom. The molecule has 1 aliphatic rings. The molecule has 1 heterocycles. The molecule has 0 fully saturated rings. The number of hydrogen-bond acceptors (Lipinski definition) is 3. The molecule has 0 unspecified atom stereocenters. The summed E-state index contributed by atoms with van der Waals surface area (Å²) in [5.74, 6) is 0.104. The molecule has 1 aromatic carbocycles. The molecule has 0 aliphatic carbocycles. The Morgan fingerprint density at radius 2 is 2.11 bits per heavy atom. The fourth-order valence-electron chi connectivity index (χ4n) is 2.25. The number of benzene rings is 1. The predicted octanol–water partition coefficient (Wildman–Crippen LogP) is 0.889. The van der Waals surface area contributed by atoms with E-state index in [1.54, 1.807) is 17.0 Å². The van der Waals surface area contributed by atoms with Crippen molar-refractivity contribution in [2.24, 2.45) is 0 Å². The molecule has 0 spiro atoms. The van der Waals surface area contributed by atoms with Crippen LogP contribution in [0.1, 0.15) is 24.5 Å². The van der Waals surface area contributed by atoms with Crippen LogP contribution >= 0.6 is 0 Å². The summed E-state index contributed by atoms with van der Waals surface area (Å²) in [5, 5.41) is 0. The molecule has 2 rings (SSSR count). The zero-order valence-electron chi connectivity index (χ0n) is 11.1. The number of amides is 1. The van der Waals surface area contributed by atoms with Gasteiger partial charge in [0.2, 0.25) is 15.9 Å². The first-order valence-corrected chi connectivity index (χ1v) is 7.79. The summed E-state index contributed by atoms with van der Waals surface area (Å²) in [5.41, 5.74) is 2.04. The second-order valence-corrected chi connectivity index (χ2v) is 6.44. The Morgan fingerprint density at radius 3 is 2.74 bits per heavy atom. The molecule has 6 heteroatoms. The third-order valence-corrected chi connectivity index (χ3v) is 4.84. The molecule has 1 amide bonds. The van der Waals surface area contributed by atoms with E-state index < -0.39 is 10.0 Å². The predicted molar refractivity (Wildman–Crippen MR) is 72.1 cm³/mol. The lowest BCUT2D eigenvalue weighted by molar-refractivity contribution is -0.131. The molecule has 104 valence electrons. The van der Waals surface area contributed by atoms with Crippen LogP contribution in [-0.4, -0.2) is 32.8 Å². The fourth-order valence-corrected chi connectivity index (χ4v) is 3.04. The molecular weight excluding hydrogens is 264 g/mol. The number of hydrogen-bond donors (Lipinski definition) is 1. The van der Waals surface area contributed by atoms with Crippen LogP contribution in [0.25, 0.3) is 0 Å². The van der Waals surface area contributed by atoms with E-state index >= 15 is 0 Å². The van der Waals surface area contributed by atoms with Crippen molar-refractivity contribution in [3.05, 3.63) is 29.3 Å². The molecule has 0 radical (unpaired) electrons. The Balaban J connectivity index is 2.33. The highest BCUT2D eigenvalue weighted by molar-refractivity contribution is 7.89. The minimum Gasteiger partial charge on any atom is -0.338 e. The van der Waals surface area contributed by atoms with E-state index in [0.29, 0.717) is 19.5 Å². The highest BCUT2D eigenvalue weighted by atomic mass is 32.2. The van der Waals surface area contributed by atoms with Crippen LogP contribution < -0.4 is 4.72 Å². The van der Waals surface area contributed by atoms with Crippen molar-refractivity contribution in [3.8, 4) is 0 Å². The van der Waals surface area contributed by atoms with Gasteiger partial charge in [-0.25, -0.2) is 13.1 Å². The van der Waals surface area contributed by atoms with Crippen LogP contribution in [0, 0.1) is 0 Å². The van der Waals surface area contributed by atoms with Gasteiger partial charge in [0.25, 0.3) is 0 Å². The second-order valence-electron chi connectivity index (χ2n) is 4.56. The highest BCUT2D eigenvalue weighted by Gasteiger charge is 2.21. The number of sulfonamides is 1. The molecule has 0 saturated heterocycles. The van der Waals surface area contributed by atoms with Crippen LogP contribution in [0.15, 0.2) is 23.1 Å². The molecule has 1 aliphatic heterocycles. The van der Waals surface area contributed by atoms with Crippen LogP contribution in [0.2, 0.25) is 0 Å². The molecular formula is C13H18N2O3S. The Kier molecular flexibility index (Phi) is 3.91. The van der Waals surface area contributed by atoms with Gasteiger partial charge in [0.05, 0.1) is 4.90 Å². The van der Waals surface area contributed by atoms with Crippen molar-refractivity contribution in [3.63, 3.8) is 0 Å². The quantitative estimate of drug-likeness (QED) is 0.895. The van der Waals surface area contributed by atoms with E-state index in [-0.39, 0.29) is 10.8 Å². The van der Waals surface area contributed by atoms with Crippen molar-refractivity contribution in [1.29, 1.82) is 0 Å². The maximum Gasteiger partial charge on any atom is 0.240 e. The monoisotopic (exact) mass is 282 g/mol. The zero-order valence-corrected chi connectivity index (χ0v) is 12.0. The fraction of sp³-hybridized carbons (Fsp3) is 0.462. The Bertz CT molecular complexity index is 596. The van der Waals surface area contributed by atoms with Gasteiger partial charge in [-0.15, -0.1) is 0 Å². The number of nitrogens with zero attached hydrogens (tertiary/aromatic N) is 1. The Labute approximate surface area is 113 Å². The standard InChI is InChI=1S/C13H18N2O3S/c1-3-13(16)15-7-6-10-4-5-12(8-11(10)9-15)19(17,18)14-2/h4-5,8,14H,3,6-7,9H2,1-2H3. The lowest BCUT2D eigenvalue weighted by Crippen LogP contribution is -2.35. The summed E-state index contributed by atoms with van der Waals surface area (Å²) in [6.45, 7) is 3.03. The number of rotatable bonds is 3. The van der Waals surface area contributed by atoms with Crippen LogP contribution in [0.3, 0.4) is 0 Å². The van der Waals surface area contributed by atoms with E-state index in [2.05, 4.69) is 4.72 Å². The molecule has 19 heavy (non-hydrogen) atoms. The molecule has 5 nitrogen and oxygen atoms in total. The van der Waals surface area contributed by atoms with Crippen molar-refractivity contribution in [2.45, 2.75) is 31.2 Å². The summed E-state index contributed by atoms with van der Waals surface area (Å²) >= 11 is 0. The topological polar surface area (TPSA) is 66.5 Å². The minimum absolute atomic E-state index is 0.104. The van der Waals surface area contributed by atoms with Gasteiger partial charge in [-0.3, -0.25) is 4.79 Å². The maximum atomic E-state index is 11.8. The molecule has 1 N–H and O–H groups in total. The second kappa shape index (κ2) is 5.30. The number of fused-ring (bicyclic) bond motifs is 1. The van der Waals surface area contributed by atoms with Gasteiger partial charge in [0, 0.05) is 19.5 Å². The van der Waals surface area contributed by atoms with Crippen LogP contribution in [0.5, 0.6) is 0 Å². The van der Waals surface area contributed by atoms with Gasteiger partial charge < -0.3 is 4.90 Å². The van der Waals surface area contributed by atoms with Crippen molar-refractivity contribution >= 4 is 15.9 Å². The average Bonchev–Trinajstić information content (AvgIpc) is 2.45. The van der Waals surface area contributed by atoms with Gasteiger partial charge in [-0.05, 0) is 36.7 Å². The van der Waals surface area contributed by atoms with E-state index in [4.69, 9.17) is 0 Å². The molecule has 0 bridgehead atoms. The smallest absolute Gasteiger partial charge is 0.240 e. The van der Waals surface area contributed by atoms with E-state index in [9.17, 15) is 13.2 Å². The number of nitrogens with one attached hydrogen (secondary N) is 1. The van der Waals surface area contributed by atoms with Crippen molar-refractivity contribution < 1.29 is 13.2 Å². The van der Waals surface area contributed by atoms with Crippen LogP contribution in [0.4, 0.5) is 0 Å². The van der Waals surface area contributed by atoms with E-state index in [1.165, 1.54) is 7.05 Å². The lowest BCUT2D eigenvalue weighted by Gasteiger charge is -2.29. The average molecular weight is 282 g/mol. The van der Waals surface area contributed by atoms with E-state index in [1.807, 2.05) is 13.0 Å². The van der Waals surface area contributed by atoms with Crippen molar-refractivity contribution in [1.82, 2.24) is 9.62 Å². The van der Waals surface area contributed by atoms with Crippen molar-refractivity contribution in [2.75, 3.05) is 13.6 Å². The normalized spacial score (nSPS) is 15.2. The summed E-state index contributed by atoms with van der Waals surface area (Å²) in [7, 11) is -2.04. The molecule has 1 aromatic rings. The van der Waals surface area contributed by atoms with Gasteiger partial charge in [-0.1, -0.05) is 13.0 Å². The first-order chi connectivity index (χ1) is 8.97. The minimum atomic E-state index is -3.43. The SMILES string of the molecule is CCC(=O)N1CCc2ccc(S(=O)(=O)NC)cc2C1. The highest BCUT2D eigenvalue weighted by Crippen LogP contribution is 2.22. The third-order valence-electron chi connectivity index (χ3n) is 3.42.